The average Bonchev–Trinajstić information content (AvgIpc) is 3.28. The van der Waals surface area contributed by atoms with E-state index in [1.165, 1.54) is 17.2 Å². The van der Waals surface area contributed by atoms with Gasteiger partial charge >= 0.3 is 0 Å². The van der Waals surface area contributed by atoms with E-state index in [0.29, 0.717) is 37.6 Å². The third-order valence-electron chi connectivity index (χ3n) is 5.08. The Kier molecular flexibility index (Phi) is 7.03. The minimum absolute atomic E-state index is 0.0370. The summed E-state index contributed by atoms with van der Waals surface area (Å²) >= 11 is 2.01. The zero-order valence-electron chi connectivity index (χ0n) is 16.9. The monoisotopic (exact) mass is 422 g/mol. The molecule has 1 saturated heterocycles. The summed E-state index contributed by atoms with van der Waals surface area (Å²) in [7, 11) is 0. The molecule has 2 aromatic carbocycles. The van der Waals surface area contributed by atoms with Gasteiger partial charge in [-0.2, -0.15) is 11.8 Å². The van der Waals surface area contributed by atoms with Gasteiger partial charge in [0, 0.05) is 55.2 Å². The van der Waals surface area contributed by atoms with Gasteiger partial charge in [-0.3, -0.25) is 4.79 Å². The molecular formula is C23H26N4O2S. The largest absolute Gasteiger partial charge is 0.421 e. The van der Waals surface area contributed by atoms with Crippen LogP contribution in [0.5, 0.6) is 0 Å². The fourth-order valence-electron chi connectivity index (χ4n) is 3.39. The highest BCUT2D eigenvalue weighted by Crippen LogP contribution is 2.20. The first-order valence-electron chi connectivity index (χ1n) is 10.3. The molecule has 1 aliphatic rings. The molecule has 0 atom stereocenters. The van der Waals surface area contributed by atoms with Crippen LogP contribution in [0.15, 0.2) is 59.0 Å². The van der Waals surface area contributed by atoms with Gasteiger partial charge in [0.05, 0.1) is 0 Å². The summed E-state index contributed by atoms with van der Waals surface area (Å²) in [6.07, 6.45) is 1.71. The predicted octanol–water partition coefficient (Wildman–Crippen LogP) is 3.93. The molecule has 4 rings (SSSR count). The fourth-order valence-corrected chi connectivity index (χ4v) is 4.29. The molecule has 7 heteroatoms. The lowest BCUT2D eigenvalue weighted by Gasteiger charge is -2.28. The number of benzene rings is 2. The number of carbonyl (C=O) groups is 1. The highest BCUT2D eigenvalue weighted by molar-refractivity contribution is 7.99. The standard InChI is InChI=1S/C23H26N4O2S/c28-21(7-4-8-22-25-26-23(29-22)19-5-2-1-3-6-19)24-17-18-9-11-20(12-10-18)27-13-15-30-16-14-27/h1-3,5-6,9-12H,4,7-8,13-17H2,(H,24,28). The number of hydrogen-bond donors (Lipinski definition) is 1. The zero-order chi connectivity index (χ0) is 20.6. The molecule has 1 aliphatic heterocycles. The first kappa shape index (κ1) is 20.5. The first-order chi connectivity index (χ1) is 14.8. The number of amides is 1. The topological polar surface area (TPSA) is 71.3 Å². The van der Waals surface area contributed by atoms with Gasteiger partial charge in [-0.25, -0.2) is 0 Å². The number of nitrogens with zero attached hydrogens (tertiary/aromatic N) is 3. The van der Waals surface area contributed by atoms with Gasteiger partial charge in [0.1, 0.15) is 0 Å². The van der Waals surface area contributed by atoms with Crippen molar-refractivity contribution in [1.29, 1.82) is 0 Å². The lowest BCUT2D eigenvalue weighted by atomic mass is 10.2. The van der Waals surface area contributed by atoms with Gasteiger partial charge in [-0.15, -0.1) is 10.2 Å². The molecule has 1 fully saturated rings. The van der Waals surface area contributed by atoms with Crippen molar-refractivity contribution in [1.82, 2.24) is 15.5 Å². The Labute approximate surface area is 181 Å². The Morgan fingerprint density at radius 3 is 2.57 bits per heavy atom. The molecule has 0 radical (unpaired) electrons. The minimum Gasteiger partial charge on any atom is -0.421 e. The number of thioether (sulfide) groups is 1. The van der Waals surface area contributed by atoms with Crippen molar-refractivity contribution in [3.05, 3.63) is 66.1 Å². The van der Waals surface area contributed by atoms with E-state index in [1.807, 2.05) is 42.1 Å². The predicted molar refractivity (Wildman–Crippen MR) is 120 cm³/mol. The molecule has 0 aliphatic carbocycles. The summed E-state index contributed by atoms with van der Waals surface area (Å²) in [4.78, 5) is 14.6. The Morgan fingerprint density at radius 1 is 1.03 bits per heavy atom. The molecule has 1 amide bonds. The number of carbonyl (C=O) groups excluding carboxylic acids is 1. The number of rotatable bonds is 8. The molecule has 1 N–H and O–H groups in total. The maximum absolute atomic E-state index is 12.2. The maximum atomic E-state index is 12.2. The van der Waals surface area contributed by atoms with Crippen LogP contribution in [-0.2, 0) is 17.8 Å². The molecule has 3 aromatic rings. The lowest BCUT2D eigenvalue weighted by Crippen LogP contribution is -2.32. The van der Waals surface area contributed by atoms with Gasteiger partial charge in [-0.1, -0.05) is 30.3 Å². The Hall–Kier alpha value is -2.80. The van der Waals surface area contributed by atoms with E-state index >= 15 is 0 Å². The van der Waals surface area contributed by atoms with Crippen molar-refractivity contribution >= 4 is 23.4 Å². The number of hydrogen-bond acceptors (Lipinski definition) is 6. The van der Waals surface area contributed by atoms with Crippen molar-refractivity contribution in [3.8, 4) is 11.5 Å². The minimum atomic E-state index is 0.0370. The van der Waals surface area contributed by atoms with Crippen molar-refractivity contribution in [2.45, 2.75) is 25.8 Å². The third kappa shape index (κ3) is 5.63. The van der Waals surface area contributed by atoms with Gasteiger partial charge in [-0.05, 0) is 36.2 Å². The smallest absolute Gasteiger partial charge is 0.247 e. The third-order valence-corrected chi connectivity index (χ3v) is 6.03. The van der Waals surface area contributed by atoms with Crippen LogP contribution in [0.3, 0.4) is 0 Å². The van der Waals surface area contributed by atoms with E-state index in [2.05, 4.69) is 44.7 Å². The molecule has 0 bridgehead atoms. The molecule has 1 aromatic heterocycles. The van der Waals surface area contributed by atoms with Gasteiger partial charge in [0.2, 0.25) is 17.7 Å². The second-order valence-electron chi connectivity index (χ2n) is 7.26. The normalized spacial score (nSPS) is 13.9. The molecule has 156 valence electrons. The summed E-state index contributed by atoms with van der Waals surface area (Å²) in [5.41, 5.74) is 3.28. The second kappa shape index (κ2) is 10.3. The molecule has 0 unspecified atom stereocenters. The number of aryl methyl sites for hydroxylation is 1. The molecular weight excluding hydrogens is 396 g/mol. The van der Waals surface area contributed by atoms with Crippen LogP contribution >= 0.6 is 11.8 Å². The molecule has 30 heavy (non-hydrogen) atoms. The van der Waals surface area contributed by atoms with Gasteiger partial charge in [0.25, 0.3) is 0 Å². The van der Waals surface area contributed by atoms with E-state index in [-0.39, 0.29) is 5.91 Å². The Bertz CT molecular complexity index is 937. The first-order valence-corrected chi connectivity index (χ1v) is 11.5. The summed E-state index contributed by atoms with van der Waals surface area (Å²) in [5.74, 6) is 3.49. The number of aromatic nitrogens is 2. The Morgan fingerprint density at radius 2 is 1.80 bits per heavy atom. The fraction of sp³-hybridized carbons (Fsp3) is 0.348. The lowest BCUT2D eigenvalue weighted by molar-refractivity contribution is -0.121. The van der Waals surface area contributed by atoms with E-state index in [4.69, 9.17) is 4.42 Å². The number of anilines is 1. The Balaban J connectivity index is 1.18. The molecule has 0 saturated carbocycles. The highest BCUT2D eigenvalue weighted by atomic mass is 32.2. The van der Waals surface area contributed by atoms with Gasteiger partial charge in [0.15, 0.2) is 0 Å². The van der Waals surface area contributed by atoms with Crippen molar-refractivity contribution in [2.75, 3.05) is 29.5 Å². The molecule has 2 heterocycles. The van der Waals surface area contributed by atoms with Crippen LogP contribution in [0.25, 0.3) is 11.5 Å². The quantitative estimate of drug-likeness (QED) is 0.593. The van der Waals surface area contributed by atoms with Crippen LogP contribution in [0.2, 0.25) is 0 Å². The van der Waals surface area contributed by atoms with Crippen LogP contribution in [-0.4, -0.2) is 40.7 Å². The SMILES string of the molecule is O=C(CCCc1nnc(-c2ccccc2)o1)NCc1ccc(N2CCSCC2)cc1. The number of nitrogens with one attached hydrogen (secondary N) is 1. The summed E-state index contributed by atoms with van der Waals surface area (Å²) in [5, 5.41) is 11.1. The van der Waals surface area contributed by atoms with Crippen molar-refractivity contribution in [3.63, 3.8) is 0 Å². The summed E-state index contributed by atoms with van der Waals surface area (Å²) in [6.45, 7) is 2.76. The van der Waals surface area contributed by atoms with E-state index in [9.17, 15) is 4.79 Å². The maximum Gasteiger partial charge on any atom is 0.247 e. The molecule has 0 spiro atoms. The van der Waals surface area contributed by atoms with Crippen molar-refractivity contribution in [2.24, 2.45) is 0 Å². The highest BCUT2D eigenvalue weighted by Gasteiger charge is 2.11. The van der Waals surface area contributed by atoms with Crippen LogP contribution in [0.4, 0.5) is 5.69 Å². The van der Waals surface area contributed by atoms with Crippen LogP contribution in [0.1, 0.15) is 24.3 Å². The average molecular weight is 423 g/mol. The van der Waals surface area contributed by atoms with Crippen LogP contribution in [0, 0.1) is 0 Å². The zero-order valence-corrected chi connectivity index (χ0v) is 17.7. The van der Waals surface area contributed by atoms with Gasteiger partial charge < -0.3 is 14.6 Å². The summed E-state index contributed by atoms with van der Waals surface area (Å²) < 4.78 is 5.68. The van der Waals surface area contributed by atoms with E-state index in [0.717, 1.165) is 24.2 Å². The van der Waals surface area contributed by atoms with E-state index in [1.54, 1.807) is 0 Å². The second-order valence-corrected chi connectivity index (χ2v) is 8.49. The van der Waals surface area contributed by atoms with Crippen molar-refractivity contribution < 1.29 is 9.21 Å². The molecule has 6 nitrogen and oxygen atoms in total. The van der Waals surface area contributed by atoms with Crippen LogP contribution < -0.4 is 10.2 Å². The summed E-state index contributed by atoms with van der Waals surface area (Å²) in [6, 6.07) is 18.2. The van der Waals surface area contributed by atoms with E-state index < -0.39 is 0 Å².